The topological polar surface area (TPSA) is 199 Å². The van der Waals surface area contributed by atoms with Gasteiger partial charge < -0.3 is 38.6 Å². The molecule has 0 aliphatic carbocycles. The van der Waals surface area contributed by atoms with E-state index in [2.05, 4.69) is 11.8 Å². The van der Waals surface area contributed by atoms with E-state index in [9.17, 15) is 35.2 Å². The van der Waals surface area contributed by atoms with Gasteiger partial charge in [0.15, 0.2) is 11.5 Å². The van der Waals surface area contributed by atoms with Gasteiger partial charge in [-0.1, -0.05) is 12.0 Å². The summed E-state index contributed by atoms with van der Waals surface area (Å²) in [7, 11) is 4.28. The maximum absolute atomic E-state index is 12.8. The average Bonchev–Trinajstić information content (AvgIpc) is 3.10. The number of hydrogen-bond donors (Lipinski definition) is 2. The zero-order valence-corrected chi connectivity index (χ0v) is 29.6. The van der Waals surface area contributed by atoms with Gasteiger partial charge in [0, 0.05) is 6.07 Å². The second-order valence-corrected chi connectivity index (χ2v) is 12.4. The van der Waals surface area contributed by atoms with Crippen molar-refractivity contribution < 1.29 is 53.3 Å². The van der Waals surface area contributed by atoms with Crippen LogP contribution < -0.4 is 28.4 Å². The first-order valence-corrected chi connectivity index (χ1v) is 15.7. The van der Waals surface area contributed by atoms with Gasteiger partial charge >= 0.3 is 11.4 Å². The third-order valence-corrected chi connectivity index (χ3v) is 7.79. The van der Waals surface area contributed by atoms with E-state index in [1.165, 1.54) is 27.4 Å². The fraction of sp³-hybridized carbons (Fsp3) is 0.324. The predicted octanol–water partition coefficient (Wildman–Crippen LogP) is 5.83. The van der Waals surface area contributed by atoms with Crippen LogP contribution in [0.5, 0.6) is 34.5 Å². The fourth-order valence-electron chi connectivity index (χ4n) is 5.28. The molecule has 0 saturated carbocycles. The van der Waals surface area contributed by atoms with Gasteiger partial charge in [-0.15, -0.1) is 0 Å². The quantitative estimate of drug-likeness (QED) is 0.0835. The summed E-state index contributed by atoms with van der Waals surface area (Å²) in [5, 5.41) is 41.4. The van der Waals surface area contributed by atoms with E-state index in [0.29, 0.717) is 39.5 Å². The minimum absolute atomic E-state index is 0.0307. The minimum atomic E-state index is -0.753. The van der Waals surface area contributed by atoms with Crippen LogP contribution in [0.4, 0.5) is 11.4 Å². The van der Waals surface area contributed by atoms with Gasteiger partial charge in [-0.2, -0.15) is 0 Å². The summed E-state index contributed by atoms with van der Waals surface area (Å²) in [6.07, 6.45) is 6.93. The third-order valence-electron chi connectivity index (χ3n) is 7.79. The van der Waals surface area contributed by atoms with Gasteiger partial charge in [0.2, 0.25) is 17.3 Å². The molecule has 2 aliphatic heterocycles. The highest BCUT2D eigenvalue weighted by molar-refractivity contribution is 6.12. The van der Waals surface area contributed by atoms with Crippen LogP contribution in [0.25, 0.3) is 12.2 Å². The molecule has 3 aromatic carbocycles. The van der Waals surface area contributed by atoms with Gasteiger partial charge in [-0.3, -0.25) is 25.0 Å². The number of carbonyl (C=O) groups is 1. The molecule has 0 bridgehead atoms. The third kappa shape index (κ3) is 8.43. The van der Waals surface area contributed by atoms with Crippen LogP contribution in [0.3, 0.4) is 0 Å². The molecule has 3 aromatic rings. The second-order valence-electron chi connectivity index (χ2n) is 12.4. The first-order valence-electron chi connectivity index (χ1n) is 15.7. The van der Waals surface area contributed by atoms with Gasteiger partial charge in [0.1, 0.15) is 29.3 Å². The minimum Gasteiger partial charge on any atom is -0.495 e. The Bertz CT molecular complexity index is 2020. The number of aliphatic hydroxyl groups is 2. The lowest BCUT2D eigenvalue weighted by molar-refractivity contribution is -0.386. The number of ether oxygens (including phenoxy) is 6. The van der Waals surface area contributed by atoms with Crippen LogP contribution in [0.1, 0.15) is 60.3 Å². The first-order chi connectivity index (χ1) is 24.6. The van der Waals surface area contributed by atoms with Crippen molar-refractivity contribution in [1.82, 2.24) is 0 Å². The predicted molar refractivity (Wildman–Crippen MR) is 189 cm³/mol. The number of nitrogens with zero attached hydrogens (tertiary/aromatic N) is 2. The van der Waals surface area contributed by atoms with E-state index in [-0.39, 0.29) is 54.0 Å². The van der Waals surface area contributed by atoms with E-state index < -0.39 is 26.8 Å². The van der Waals surface area contributed by atoms with Crippen LogP contribution >= 0.6 is 0 Å². The molecular weight excluding hydrogens is 680 g/mol. The van der Waals surface area contributed by atoms with E-state index in [4.69, 9.17) is 28.4 Å². The highest BCUT2D eigenvalue weighted by Gasteiger charge is 2.35. The molecule has 0 fully saturated rings. The number of carbonyl (C=O) groups excluding carboxylic acids is 1. The number of ketones is 1. The zero-order valence-electron chi connectivity index (χ0n) is 29.6. The van der Waals surface area contributed by atoms with Crippen molar-refractivity contribution in [1.29, 1.82) is 0 Å². The number of aliphatic hydroxyl groups excluding tert-OH is 2. The number of benzene rings is 3. The summed E-state index contributed by atoms with van der Waals surface area (Å²) in [6, 6.07) is 7.21. The first kappa shape index (κ1) is 38.7. The standard InChI is InChI=1S/C24H23NO8.C13H15NO5/c1-24(2)9-8-18-22(31-3)19(12-20(25(29)30)23(18)33-24)21(28)5-4-10-32-17-7-6-15(13-26)16(11-17)14-27;1-13(2)6-5-8-11(19-13)9(14(15)16)7-10(17-3)12(8)18-4/h6-9,11-12,26-27H,10,13-14H2,1-3H3;5-7H,1-4H3. The molecule has 2 N–H and O–H groups in total. The van der Waals surface area contributed by atoms with Crippen molar-refractivity contribution in [2.75, 3.05) is 27.9 Å². The van der Waals surface area contributed by atoms with Crippen LogP contribution in [-0.2, 0) is 13.2 Å². The lowest BCUT2D eigenvalue weighted by Crippen LogP contribution is -2.28. The van der Waals surface area contributed by atoms with Crippen molar-refractivity contribution in [2.45, 2.75) is 52.1 Å². The number of nitro benzene ring substituents is 2. The van der Waals surface area contributed by atoms with Crippen LogP contribution in [0.15, 0.2) is 42.5 Å². The average molecular weight is 719 g/mol. The van der Waals surface area contributed by atoms with E-state index >= 15 is 0 Å². The summed E-state index contributed by atoms with van der Waals surface area (Å²) in [6.45, 7) is 6.56. The Hall–Kier alpha value is -6.11. The summed E-state index contributed by atoms with van der Waals surface area (Å²) in [4.78, 5) is 34.4. The van der Waals surface area contributed by atoms with Gasteiger partial charge in [-0.05, 0) is 81.2 Å². The molecule has 0 atom stereocenters. The molecule has 0 unspecified atom stereocenters. The Morgan fingerprint density at radius 1 is 0.788 bits per heavy atom. The number of rotatable bonds is 10. The molecule has 2 aliphatic rings. The van der Waals surface area contributed by atoms with Crippen molar-refractivity contribution >= 4 is 29.3 Å². The molecule has 2 heterocycles. The molecule has 5 rings (SSSR count). The van der Waals surface area contributed by atoms with Gasteiger partial charge in [-0.25, -0.2) is 0 Å². The Balaban J connectivity index is 0.000000269. The van der Waals surface area contributed by atoms with Crippen molar-refractivity contribution in [3.63, 3.8) is 0 Å². The van der Waals surface area contributed by atoms with Crippen molar-refractivity contribution in [3.8, 4) is 46.3 Å². The smallest absolute Gasteiger partial charge is 0.315 e. The van der Waals surface area contributed by atoms with E-state index in [1.807, 2.05) is 19.9 Å². The van der Waals surface area contributed by atoms with Gasteiger partial charge in [0.05, 0.1) is 67.1 Å². The van der Waals surface area contributed by atoms with Crippen molar-refractivity contribution in [3.05, 3.63) is 90.5 Å². The lowest BCUT2D eigenvalue weighted by Gasteiger charge is -2.28. The zero-order chi connectivity index (χ0) is 38.4. The SMILES string of the molecule is COc1c(C(=O)C#CCOc2ccc(CO)c(CO)c2)cc([N+](=O)[O-])c2c1C=CC(C)(C)O2.COc1cc([N+](=O)[O-])c2c(c1OC)C=CC(C)(C)O2. The molecule has 52 heavy (non-hydrogen) atoms. The van der Waals surface area contributed by atoms with Crippen LogP contribution in [-0.4, -0.2) is 65.0 Å². The summed E-state index contributed by atoms with van der Waals surface area (Å²) in [5.41, 5.74) is 0.0140. The molecule has 0 saturated heterocycles. The molecule has 15 nitrogen and oxygen atoms in total. The lowest BCUT2D eigenvalue weighted by atomic mass is 9.97. The molecule has 15 heteroatoms. The summed E-state index contributed by atoms with van der Waals surface area (Å²) >= 11 is 0. The molecule has 0 radical (unpaired) electrons. The number of fused-ring (bicyclic) bond motifs is 2. The monoisotopic (exact) mass is 718 g/mol. The van der Waals surface area contributed by atoms with E-state index in [1.54, 1.807) is 50.3 Å². The Morgan fingerprint density at radius 3 is 1.83 bits per heavy atom. The normalized spacial score (nSPS) is 14.0. The fourth-order valence-corrected chi connectivity index (χ4v) is 5.28. The van der Waals surface area contributed by atoms with Crippen LogP contribution in [0.2, 0.25) is 0 Å². The Morgan fingerprint density at radius 2 is 1.33 bits per heavy atom. The number of methoxy groups -OCH3 is 3. The summed E-state index contributed by atoms with van der Waals surface area (Å²) < 4.78 is 32.7. The Kier molecular flexibility index (Phi) is 11.8. The van der Waals surface area contributed by atoms with Gasteiger partial charge in [0.25, 0.3) is 0 Å². The molecule has 0 spiro atoms. The number of hydrogen-bond acceptors (Lipinski definition) is 13. The van der Waals surface area contributed by atoms with Crippen molar-refractivity contribution in [2.24, 2.45) is 0 Å². The number of nitro groups is 2. The molecule has 274 valence electrons. The molecular formula is C37H38N2O13. The van der Waals surface area contributed by atoms with Crippen LogP contribution in [0, 0.1) is 32.1 Å². The Labute approximate surface area is 299 Å². The summed E-state index contributed by atoms with van der Waals surface area (Å²) in [5.74, 6) is 5.83. The maximum Gasteiger partial charge on any atom is 0.315 e. The second kappa shape index (κ2) is 15.8. The molecule has 0 aromatic heterocycles. The highest BCUT2D eigenvalue weighted by atomic mass is 16.6. The largest absolute Gasteiger partial charge is 0.495 e. The highest BCUT2D eigenvalue weighted by Crippen LogP contribution is 2.48. The molecule has 0 amide bonds. The van der Waals surface area contributed by atoms with E-state index in [0.717, 1.165) is 6.07 Å². The maximum atomic E-state index is 12.8. The number of Topliss-reactive ketones (excluding diaryl/α,β-unsaturated/α-hetero) is 1.